The van der Waals surface area contributed by atoms with E-state index in [9.17, 15) is 34.5 Å². The zero-order valence-corrected chi connectivity index (χ0v) is 43.6. The molecule has 0 aromatic carbocycles. The van der Waals surface area contributed by atoms with Crippen LogP contribution in [0.25, 0.3) is 0 Å². The minimum absolute atomic E-state index is 0.0446. The van der Waals surface area contributed by atoms with Gasteiger partial charge < -0.3 is 39.0 Å². The van der Waals surface area contributed by atoms with Gasteiger partial charge in [-0.25, -0.2) is 4.79 Å². The summed E-state index contributed by atoms with van der Waals surface area (Å²) in [5.41, 5.74) is 0. The van der Waals surface area contributed by atoms with Crippen molar-refractivity contribution in [3.63, 3.8) is 0 Å². The number of aliphatic hydroxyl groups excluding tert-OH is 2. The number of carboxylic acids is 1. The van der Waals surface area contributed by atoms with Crippen LogP contribution in [-0.2, 0) is 42.9 Å². The molecule has 12 heteroatoms. The molecule has 0 amide bonds. The summed E-state index contributed by atoms with van der Waals surface area (Å²) in [4.78, 5) is 50.8. The second-order valence-electron chi connectivity index (χ2n) is 18.9. The van der Waals surface area contributed by atoms with Crippen LogP contribution in [-0.4, -0.2) is 89.2 Å². The Kier molecular flexibility index (Phi) is 42.3. The molecule has 1 heterocycles. The SMILES string of the molecule is CC/C=C\C/C=C\C/C=C\C/C=C\CCC(=O)OC(COC(=O)CCCCCCCCCCCCCCCCCCC)COC1OC(C(=O)O)C(O)C(O)C1OC(=O)CCCCCCCCCCC. The third kappa shape index (κ3) is 36.3. The van der Waals surface area contributed by atoms with Crippen molar-refractivity contribution in [3.8, 4) is 0 Å². The average molecular weight is 975 g/mol. The minimum Gasteiger partial charge on any atom is -0.479 e. The lowest BCUT2D eigenvalue weighted by Crippen LogP contribution is -2.61. The van der Waals surface area contributed by atoms with E-state index in [1.54, 1.807) is 0 Å². The summed E-state index contributed by atoms with van der Waals surface area (Å²) in [6.07, 6.45) is 41.3. The fraction of sp³-hybridized carbons (Fsp3) is 0.789. The lowest BCUT2D eigenvalue weighted by Gasteiger charge is -2.40. The van der Waals surface area contributed by atoms with Gasteiger partial charge in [-0.3, -0.25) is 14.4 Å². The molecule has 1 saturated heterocycles. The Bertz CT molecular complexity index is 1390. The number of carboxylic acid groups (broad SMARTS) is 1. The first kappa shape index (κ1) is 63.7. The van der Waals surface area contributed by atoms with E-state index >= 15 is 0 Å². The number of hydrogen-bond acceptors (Lipinski definition) is 11. The maximum atomic E-state index is 13.0. The first-order valence-corrected chi connectivity index (χ1v) is 27.6. The van der Waals surface area contributed by atoms with Crippen molar-refractivity contribution >= 4 is 23.9 Å². The average Bonchev–Trinajstić information content (AvgIpc) is 3.33. The topological polar surface area (TPSA) is 175 Å². The molecule has 0 aromatic heterocycles. The fourth-order valence-electron chi connectivity index (χ4n) is 8.21. The summed E-state index contributed by atoms with van der Waals surface area (Å²) in [6.45, 7) is 5.78. The number of aliphatic carboxylic acids is 1. The lowest BCUT2D eigenvalue weighted by atomic mass is 9.98. The number of carbonyl (C=O) groups excluding carboxylic acids is 3. The van der Waals surface area contributed by atoms with Gasteiger partial charge in [-0.15, -0.1) is 0 Å². The number of unbranched alkanes of at least 4 members (excludes halogenated alkanes) is 24. The van der Waals surface area contributed by atoms with E-state index in [0.717, 1.165) is 64.2 Å². The Hall–Kier alpha value is -3.32. The highest BCUT2D eigenvalue weighted by Crippen LogP contribution is 2.26. The largest absolute Gasteiger partial charge is 0.479 e. The number of hydrogen-bond donors (Lipinski definition) is 3. The molecule has 12 nitrogen and oxygen atoms in total. The Morgan fingerprint density at radius 1 is 0.493 bits per heavy atom. The lowest BCUT2D eigenvalue weighted by molar-refractivity contribution is -0.301. The van der Waals surface area contributed by atoms with Crippen LogP contribution in [0.15, 0.2) is 48.6 Å². The van der Waals surface area contributed by atoms with Crippen LogP contribution in [0.3, 0.4) is 0 Å². The molecular formula is C57H98O12. The van der Waals surface area contributed by atoms with Crippen molar-refractivity contribution < 1.29 is 58.2 Å². The fourth-order valence-corrected chi connectivity index (χ4v) is 8.21. The van der Waals surface area contributed by atoms with Crippen LogP contribution >= 0.6 is 0 Å². The van der Waals surface area contributed by atoms with Gasteiger partial charge in [0.15, 0.2) is 24.6 Å². The van der Waals surface area contributed by atoms with Gasteiger partial charge in [0.2, 0.25) is 0 Å². The highest BCUT2D eigenvalue weighted by atomic mass is 16.7. The summed E-state index contributed by atoms with van der Waals surface area (Å²) < 4.78 is 28.2. The molecule has 3 N–H and O–H groups in total. The molecule has 0 spiro atoms. The highest BCUT2D eigenvalue weighted by Gasteiger charge is 2.50. The summed E-state index contributed by atoms with van der Waals surface area (Å²) in [6, 6.07) is 0. The quantitative estimate of drug-likeness (QED) is 0.0228. The molecule has 0 saturated carbocycles. The van der Waals surface area contributed by atoms with Crippen molar-refractivity contribution in [2.75, 3.05) is 13.2 Å². The van der Waals surface area contributed by atoms with Gasteiger partial charge in [-0.05, 0) is 44.9 Å². The van der Waals surface area contributed by atoms with E-state index in [1.165, 1.54) is 109 Å². The Labute approximate surface area is 418 Å². The van der Waals surface area contributed by atoms with E-state index in [2.05, 4.69) is 57.2 Å². The third-order valence-corrected chi connectivity index (χ3v) is 12.4. The molecule has 1 aliphatic rings. The third-order valence-electron chi connectivity index (χ3n) is 12.4. The normalized spacial score (nSPS) is 19.0. The molecule has 0 aromatic rings. The predicted octanol–water partition coefficient (Wildman–Crippen LogP) is 13.4. The van der Waals surface area contributed by atoms with Crippen LogP contribution in [0.2, 0.25) is 0 Å². The molecule has 1 rings (SSSR count). The van der Waals surface area contributed by atoms with E-state index < -0.39 is 67.3 Å². The van der Waals surface area contributed by atoms with Gasteiger partial charge in [0.25, 0.3) is 0 Å². The molecular weight excluding hydrogens is 877 g/mol. The highest BCUT2D eigenvalue weighted by molar-refractivity contribution is 5.74. The molecule has 398 valence electrons. The van der Waals surface area contributed by atoms with Crippen molar-refractivity contribution in [1.82, 2.24) is 0 Å². The number of ether oxygens (including phenoxy) is 5. The number of aliphatic hydroxyl groups is 2. The molecule has 0 bridgehead atoms. The maximum absolute atomic E-state index is 13.0. The number of esters is 3. The summed E-state index contributed by atoms with van der Waals surface area (Å²) in [5.74, 6) is -3.22. The van der Waals surface area contributed by atoms with Crippen molar-refractivity contribution in [1.29, 1.82) is 0 Å². The molecule has 69 heavy (non-hydrogen) atoms. The standard InChI is InChI=1S/C57H98O12/c1-4-7-10-13-16-19-21-23-24-25-26-28-29-32-34-37-40-43-49(58)65-46-48(67-50(59)44-41-38-36-33-30-27-22-20-17-14-11-8-5-2)47-66-57-55(53(62)52(61)54(69-57)56(63)64)68-51(60)45-42-39-35-31-18-15-12-9-6-3/h8,11,17,20,27,30,36,38,48,52-55,57,61-62H,4-7,9-10,12-16,18-19,21-26,28-29,31-35,37,39-47H2,1-3H3,(H,63,64)/b11-8-,20-17-,30-27-,38-36-. The molecule has 1 aliphatic heterocycles. The van der Waals surface area contributed by atoms with E-state index in [-0.39, 0.29) is 25.9 Å². The Morgan fingerprint density at radius 3 is 1.36 bits per heavy atom. The first-order chi connectivity index (χ1) is 33.6. The van der Waals surface area contributed by atoms with E-state index in [0.29, 0.717) is 25.7 Å². The summed E-state index contributed by atoms with van der Waals surface area (Å²) >= 11 is 0. The second-order valence-corrected chi connectivity index (χ2v) is 18.9. The van der Waals surface area contributed by atoms with Crippen LogP contribution in [0.5, 0.6) is 0 Å². The van der Waals surface area contributed by atoms with Crippen molar-refractivity contribution in [2.24, 2.45) is 0 Å². The van der Waals surface area contributed by atoms with Gasteiger partial charge in [-0.2, -0.15) is 0 Å². The molecule has 1 fully saturated rings. The smallest absolute Gasteiger partial charge is 0.335 e. The second kappa shape index (κ2) is 45.8. The zero-order valence-electron chi connectivity index (χ0n) is 43.6. The van der Waals surface area contributed by atoms with Gasteiger partial charge in [0.1, 0.15) is 18.8 Å². The van der Waals surface area contributed by atoms with Gasteiger partial charge in [-0.1, -0.05) is 223 Å². The molecule has 6 unspecified atom stereocenters. The molecule has 0 aliphatic carbocycles. The summed E-state index contributed by atoms with van der Waals surface area (Å²) in [7, 11) is 0. The van der Waals surface area contributed by atoms with Crippen LogP contribution in [0, 0.1) is 0 Å². The van der Waals surface area contributed by atoms with Crippen LogP contribution in [0.4, 0.5) is 0 Å². The van der Waals surface area contributed by atoms with Gasteiger partial charge in [0.05, 0.1) is 6.61 Å². The van der Waals surface area contributed by atoms with Crippen molar-refractivity contribution in [3.05, 3.63) is 48.6 Å². The Balaban J connectivity index is 2.71. The van der Waals surface area contributed by atoms with E-state index in [1.807, 2.05) is 12.2 Å². The molecule has 6 atom stereocenters. The monoisotopic (exact) mass is 975 g/mol. The van der Waals surface area contributed by atoms with E-state index in [4.69, 9.17) is 23.7 Å². The number of rotatable bonds is 46. The summed E-state index contributed by atoms with van der Waals surface area (Å²) in [5, 5.41) is 31.3. The van der Waals surface area contributed by atoms with Gasteiger partial charge in [0, 0.05) is 19.3 Å². The minimum atomic E-state index is -1.91. The first-order valence-electron chi connectivity index (χ1n) is 27.6. The number of carbonyl (C=O) groups is 4. The van der Waals surface area contributed by atoms with Crippen LogP contribution < -0.4 is 0 Å². The zero-order chi connectivity index (χ0) is 50.4. The molecule has 0 radical (unpaired) electrons. The van der Waals surface area contributed by atoms with Crippen molar-refractivity contribution in [2.45, 2.75) is 276 Å². The number of allylic oxidation sites excluding steroid dienone is 8. The van der Waals surface area contributed by atoms with Gasteiger partial charge >= 0.3 is 23.9 Å². The predicted molar refractivity (Wildman–Crippen MR) is 276 cm³/mol. The maximum Gasteiger partial charge on any atom is 0.335 e. The van der Waals surface area contributed by atoms with Crippen LogP contribution in [0.1, 0.15) is 239 Å². The Morgan fingerprint density at radius 2 is 0.913 bits per heavy atom.